The van der Waals surface area contributed by atoms with Crippen molar-refractivity contribution in [2.45, 2.75) is 19.0 Å². The topological polar surface area (TPSA) is 12.0 Å². The van der Waals surface area contributed by atoms with Crippen molar-refractivity contribution in [3.8, 4) is 0 Å². The first-order valence-electron chi connectivity index (χ1n) is 5.52. The van der Waals surface area contributed by atoms with Gasteiger partial charge in [-0.3, -0.25) is 0 Å². The molecule has 1 aliphatic rings. The van der Waals surface area contributed by atoms with Gasteiger partial charge in [0.05, 0.1) is 5.56 Å². The Balaban J connectivity index is 2.19. The molecule has 0 radical (unpaired) electrons. The van der Waals surface area contributed by atoms with Gasteiger partial charge in [0, 0.05) is 5.02 Å². The van der Waals surface area contributed by atoms with Gasteiger partial charge in [-0.1, -0.05) is 11.6 Å². The number of hydrogen-bond donors (Lipinski definition) is 1. The second kappa shape index (κ2) is 4.86. The summed E-state index contributed by atoms with van der Waals surface area (Å²) < 4.78 is 37.8. The second-order valence-corrected chi connectivity index (χ2v) is 4.85. The molecule has 0 amide bonds. The molecule has 17 heavy (non-hydrogen) atoms. The Bertz CT molecular complexity index is 397. The normalized spacial score (nSPS) is 20.8. The van der Waals surface area contributed by atoms with E-state index in [1.165, 1.54) is 6.07 Å². The summed E-state index contributed by atoms with van der Waals surface area (Å²) in [4.78, 5) is 0. The molecule has 0 aromatic heterocycles. The zero-order valence-corrected chi connectivity index (χ0v) is 9.91. The minimum Gasteiger partial charge on any atom is -0.316 e. The number of rotatable bonds is 2. The van der Waals surface area contributed by atoms with E-state index in [0.29, 0.717) is 17.9 Å². The summed E-state index contributed by atoms with van der Waals surface area (Å²) in [6, 6.07) is 3.79. The molecule has 0 bridgehead atoms. The van der Waals surface area contributed by atoms with Gasteiger partial charge in [-0.15, -0.1) is 0 Å². The Hall–Kier alpha value is -0.740. The Labute approximate surface area is 103 Å². The largest absolute Gasteiger partial charge is 0.416 e. The Morgan fingerprint density at radius 3 is 2.65 bits per heavy atom. The molecule has 1 saturated heterocycles. The van der Waals surface area contributed by atoms with E-state index in [2.05, 4.69) is 5.32 Å². The molecule has 0 saturated carbocycles. The predicted octanol–water partition coefficient (Wildman–Crippen LogP) is 3.51. The standard InChI is InChI=1S/C12H13ClF3N/c13-11-5-9(3-8-1-2-17-7-8)4-10(6-11)12(14,15)16/h4-6,8,17H,1-3,7H2. The van der Waals surface area contributed by atoms with Crippen LogP contribution >= 0.6 is 11.6 Å². The lowest BCUT2D eigenvalue weighted by molar-refractivity contribution is -0.137. The van der Waals surface area contributed by atoms with Crippen molar-refractivity contribution in [3.63, 3.8) is 0 Å². The summed E-state index contributed by atoms with van der Waals surface area (Å²) >= 11 is 5.73. The van der Waals surface area contributed by atoms with Crippen molar-refractivity contribution >= 4 is 11.6 Å². The Kier molecular flexibility index (Phi) is 3.64. The highest BCUT2D eigenvalue weighted by molar-refractivity contribution is 6.30. The molecule has 0 aliphatic carbocycles. The molecule has 1 aromatic rings. The molecule has 1 N–H and O–H groups in total. The van der Waals surface area contributed by atoms with E-state index >= 15 is 0 Å². The van der Waals surface area contributed by atoms with Gasteiger partial charge in [0.1, 0.15) is 0 Å². The SMILES string of the molecule is FC(F)(F)c1cc(Cl)cc(CC2CCNC2)c1. The molecular weight excluding hydrogens is 251 g/mol. The van der Waals surface area contributed by atoms with Crippen LogP contribution in [-0.2, 0) is 12.6 Å². The van der Waals surface area contributed by atoms with E-state index < -0.39 is 11.7 Å². The first-order chi connectivity index (χ1) is 7.95. The third kappa shape index (κ3) is 3.36. The Morgan fingerprint density at radius 2 is 2.06 bits per heavy atom. The number of halogens is 4. The van der Waals surface area contributed by atoms with Crippen LogP contribution < -0.4 is 5.32 Å². The fraction of sp³-hybridized carbons (Fsp3) is 0.500. The molecule has 2 rings (SSSR count). The minimum absolute atomic E-state index is 0.154. The molecule has 1 unspecified atom stereocenters. The lowest BCUT2D eigenvalue weighted by Crippen LogP contribution is -2.11. The molecule has 5 heteroatoms. The van der Waals surface area contributed by atoms with Crippen molar-refractivity contribution in [1.29, 1.82) is 0 Å². The lowest BCUT2D eigenvalue weighted by atomic mass is 9.97. The second-order valence-electron chi connectivity index (χ2n) is 4.41. The average molecular weight is 264 g/mol. The monoisotopic (exact) mass is 263 g/mol. The first-order valence-corrected chi connectivity index (χ1v) is 5.90. The highest BCUT2D eigenvalue weighted by Crippen LogP contribution is 2.32. The molecule has 1 aromatic carbocycles. The summed E-state index contributed by atoms with van der Waals surface area (Å²) in [5.74, 6) is 0.412. The first kappa shape index (κ1) is 12.7. The van der Waals surface area contributed by atoms with E-state index in [-0.39, 0.29) is 5.02 Å². The quantitative estimate of drug-likeness (QED) is 0.861. The van der Waals surface area contributed by atoms with Crippen LogP contribution in [0.4, 0.5) is 13.2 Å². The van der Waals surface area contributed by atoms with E-state index in [1.807, 2.05) is 0 Å². The fourth-order valence-electron chi connectivity index (χ4n) is 2.15. The van der Waals surface area contributed by atoms with Crippen LogP contribution in [0, 0.1) is 5.92 Å². The van der Waals surface area contributed by atoms with E-state index in [0.717, 1.165) is 25.6 Å². The number of hydrogen-bond acceptors (Lipinski definition) is 1. The minimum atomic E-state index is -4.33. The number of alkyl halides is 3. The van der Waals surface area contributed by atoms with Crippen molar-refractivity contribution in [3.05, 3.63) is 34.3 Å². The summed E-state index contributed by atoms with van der Waals surface area (Å²) in [5, 5.41) is 3.35. The van der Waals surface area contributed by atoms with Crippen molar-refractivity contribution < 1.29 is 13.2 Å². The van der Waals surface area contributed by atoms with Crippen molar-refractivity contribution in [2.24, 2.45) is 5.92 Å². The van der Waals surface area contributed by atoms with Crippen molar-refractivity contribution in [1.82, 2.24) is 5.32 Å². The van der Waals surface area contributed by atoms with Gasteiger partial charge in [0.2, 0.25) is 0 Å². The molecule has 1 heterocycles. The summed E-state index contributed by atoms with van der Waals surface area (Å²) in [6.07, 6.45) is -2.67. The summed E-state index contributed by atoms with van der Waals surface area (Å²) in [6.45, 7) is 1.81. The van der Waals surface area contributed by atoms with Gasteiger partial charge in [0.25, 0.3) is 0 Å². The molecular formula is C12H13ClF3N. The highest BCUT2D eigenvalue weighted by Gasteiger charge is 2.31. The lowest BCUT2D eigenvalue weighted by Gasteiger charge is -2.12. The highest BCUT2D eigenvalue weighted by atomic mass is 35.5. The molecule has 1 aliphatic heterocycles. The third-order valence-corrected chi connectivity index (χ3v) is 3.19. The zero-order valence-electron chi connectivity index (χ0n) is 9.15. The number of benzene rings is 1. The summed E-state index contributed by atoms with van der Waals surface area (Å²) in [5.41, 5.74) is 0.00415. The zero-order chi connectivity index (χ0) is 12.5. The number of nitrogens with one attached hydrogen (secondary N) is 1. The molecule has 1 fully saturated rings. The van der Waals surface area contributed by atoms with E-state index in [9.17, 15) is 13.2 Å². The molecule has 0 spiro atoms. The smallest absolute Gasteiger partial charge is 0.316 e. The molecule has 94 valence electrons. The average Bonchev–Trinajstić information content (AvgIpc) is 2.68. The van der Waals surface area contributed by atoms with Gasteiger partial charge in [0.15, 0.2) is 0 Å². The van der Waals surface area contributed by atoms with Gasteiger partial charge in [-0.05, 0) is 55.6 Å². The maximum Gasteiger partial charge on any atom is 0.416 e. The van der Waals surface area contributed by atoms with Crippen LogP contribution in [0.3, 0.4) is 0 Å². The van der Waals surface area contributed by atoms with Crippen LogP contribution in [0.15, 0.2) is 18.2 Å². The van der Waals surface area contributed by atoms with Crippen LogP contribution in [0.1, 0.15) is 17.5 Å². The van der Waals surface area contributed by atoms with Gasteiger partial charge in [-0.25, -0.2) is 0 Å². The van der Waals surface area contributed by atoms with Gasteiger partial charge in [-0.2, -0.15) is 13.2 Å². The summed E-state index contributed by atoms with van der Waals surface area (Å²) in [7, 11) is 0. The van der Waals surface area contributed by atoms with Crippen LogP contribution in [-0.4, -0.2) is 13.1 Å². The van der Waals surface area contributed by atoms with E-state index in [4.69, 9.17) is 11.6 Å². The fourth-order valence-corrected chi connectivity index (χ4v) is 2.41. The van der Waals surface area contributed by atoms with Crippen LogP contribution in [0.25, 0.3) is 0 Å². The molecule has 1 atom stereocenters. The maximum absolute atomic E-state index is 12.6. The van der Waals surface area contributed by atoms with Crippen molar-refractivity contribution in [2.75, 3.05) is 13.1 Å². The maximum atomic E-state index is 12.6. The van der Waals surface area contributed by atoms with E-state index in [1.54, 1.807) is 6.07 Å². The predicted molar refractivity (Wildman–Crippen MR) is 61.1 cm³/mol. The molecule has 1 nitrogen and oxygen atoms in total. The van der Waals surface area contributed by atoms with Crippen LogP contribution in [0.2, 0.25) is 5.02 Å². The van der Waals surface area contributed by atoms with Crippen LogP contribution in [0.5, 0.6) is 0 Å². The Morgan fingerprint density at radius 1 is 1.29 bits per heavy atom. The van der Waals surface area contributed by atoms with Gasteiger partial charge >= 0.3 is 6.18 Å². The third-order valence-electron chi connectivity index (χ3n) is 2.97. The van der Waals surface area contributed by atoms with Gasteiger partial charge < -0.3 is 5.32 Å².